The average Bonchev–Trinajstić information content (AvgIpc) is 2.73. The Morgan fingerprint density at radius 3 is 2.45 bits per heavy atom. The Kier molecular flexibility index (Phi) is 5.36. The number of allylic oxidation sites excluding steroid dienone is 1. The van der Waals surface area contributed by atoms with E-state index in [4.69, 9.17) is 0 Å². The monoisotopic (exact) mass is 445 g/mol. The van der Waals surface area contributed by atoms with Gasteiger partial charge in [-0.2, -0.15) is 0 Å². The summed E-state index contributed by atoms with van der Waals surface area (Å²) in [6.07, 6.45) is 3.22. The van der Waals surface area contributed by atoms with Crippen LogP contribution < -0.4 is 0 Å². The molecule has 0 N–H and O–H groups in total. The normalized spacial score (nSPS) is 11.3. The molecule has 0 radical (unpaired) electrons. The van der Waals surface area contributed by atoms with Crippen LogP contribution >= 0.6 is 15.9 Å². The first-order valence-corrected chi connectivity index (χ1v) is 9.95. The number of aryl methyl sites for hydroxylation is 1. The lowest BCUT2D eigenvalue weighted by molar-refractivity contribution is 0.104. The molecule has 2 nitrogen and oxygen atoms in total. The molecule has 0 aliphatic heterocycles. The van der Waals surface area contributed by atoms with Gasteiger partial charge in [0.2, 0.25) is 0 Å². The summed E-state index contributed by atoms with van der Waals surface area (Å²) in [5, 5.41) is 0.912. The molecule has 4 aromatic rings. The SMILES string of the molecule is Cc1nc2ccc(Br)cc2c(-c2ccccc2)c1C(=O)/C=C\c1ccc(F)cc1. The number of aromatic nitrogens is 1. The maximum atomic E-state index is 13.2. The lowest BCUT2D eigenvalue weighted by Gasteiger charge is -2.14. The second-order valence-electron chi connectivity index (χ2n) is 6.72. The smallest absolute Gasteiger partial charge is 0.188 e. The highest BCUT2D eigenvalue weighted by atomic mass is 79.9. The van der Waals surface area contributed by atoms with Crippen LogP contribution in [0.1, 0.15) is 21.6 Å². The molecule has 0 saturated heterocycles. The van der Waals surface area contributed by atoms with Gasteiger partial charge in [-0.15, -0.1) is 0 Å². The van der Waals surface area contributed by atoms with E-state index in [1.54, 1.807) is 18.2 Å². The number of fused-ring (bicyclic) bond motifs is 1. The van der Waals surface area contributed by atoms with Gasteiger partial charge in [-0.25, -0.2) is 4.39 Å². The van der Waals surface area contributed by atoms with Crippen molar-refractivity contribution in [2.24, 2.45) is 0 Å². The molecule has 142 valence electrons. The molecule has 29 heavy (non-hydrogen) atoms. The number of hydrogen-bond acceptors (Lipinski definition) is 2. The van der Waals surface area contributed by atoms with Crippen molar-refractivity contribution >= 4 is 38.7 Å². The Labute approximate surface area is 176 Å². The number of rotatable bonds is 4. The van der Waals surface area contributed by atoms with Gasteiger partial charge in [0.1, 0.15) is 5.82 Å². The fraction of sp³-hybridized carbons (Fsp3) is 0.0400. The van der Waals surface area contributed by atoms with Crippen molar-refractivity contribution in [1.82, 2.24) is 4.98 Å². The number of halogens is 2. The zero-order valence-electron chi connectivity index (χ0n) is 15.7. The highest BCUT2D eigenvalue weighted by molar-refractivity contribution is 9.10. The van der Waals surface area contributed by atoms with E-state index < -0.39 is 0 Å². The molecule has 0 atom stereocenters. The highest BCUT2D eigenvalue weighted by Crippen LogP contribution is 2.35. The Bertz CT molecular complexity index is 1230. The quantitative estimate of drug-likeness (QED) is 0.249. The summed E-state index contributed by atoms with van der Waals surface area (Å²) in [6.45, 7) is 1.85. The molecule has 0 aliphatic rings. The standard InChI is InChI=1S/C25H17BrFNO/c1-16-24(23(29)14-9-17-7-11-20(27)12-8-17)25(18-5-3-2-4-6-18)21-15-19(26)10-13-22(21)28-16/h2-15H,1H3/b14-9-. The summed E-state index contributed by atoms with van der Waals surface area (Å²) in [5.41, 5.74) is 4.66. The van der Waals surface area contributed by atoms with E-state index >= 15 is 0 Å². The second-order valence-corrected chi connectivity index (χ2v) is 7.64. The Balaban J connectivity index is 1.90. The van der Waals surface area contributed by atoms with Crippen molar-refractivity contribution in [3.05, 3.63) is 106 Å². The van der Waals surface area contributed by atoms with Gasteiger partial charge in [0.25, 0.3) is 0 Å². The molecule has 0 saturated carbocycles. The summed E-state index contributed by atoms with van der Waals surface area (Å²) >= 11 is 3.53. The molecule has 3 aromatic carbocycles. The topological polar surface area (TPSA) is 30.0 Å². The minimum atomic E-state index is -0.306. The molecular formula is C25H17BrFNO. The first-order valence-electron chi connectivity index (χ1n) is 9.16. The molecule has 4 heteroatoms. The summed E-state index contributed by atoms with van der Waals surface area (Å²) in [7, 11) is 0. The summed E-state index contributed by atoms with van der Waals surface area (Å²) in [4.78, 5) is 17.9. The Morgan fingerprint density at radius 1 is 1.00 bits per heavy atom. The number of carbonyl (C=O) groups excluding carboxylic acids is 1. The molecule has 0 fully saturated rings. The molecular weight excluding hydrogens is 429 g/mol. The van der Waals surface area contributed by atoms with Gasteiger partial charge in [-0.1, -0.05) is 64.5 Å². The molecule has 0 bridgehead atoms. The van der Waals surface area contributed by atoms with Crippen LogP contribution in [-0.4, -0.2) is 10.8 Å². The fourth-order valence-electron chi connectivity index (χ4n) is 3.39. The summed E-state index contributed by atoms with van der Waals surface area (Å²) < 4.78 is 14.0. The summed E-state index contributed by atoms with van der Waals surface area (Å²) in [5.74, 6) is -0.444. The van der Waals surface area contributed by atoms with E-state index in [2.05, 4.69) is 20.9 Å². The van der Waals surface area contributed by atoms with Crippen LogP contribution in [0.2, 0.25) is 0 Å². The third-order valence-corrected chi connectivity index (χ3v) is 5.23. The van der Waals surface area contributed by atoms with Crippen molar-refractivity contribution in [3.63, 3.8) is 0 Å². The minimum absolute atomic E-state index is 0.139. The lowest BCUT2D eigenvalue weighted by Crippen LogP contribution is -2.05. The number of pyridine rings is 1. The molecule has 0 spiro atoms. The molecule has 0 aliphatic carbocycles. The van der Waals surface area contributed by atoms with Crippen LogP contribution in [0.4, 0.5) is 4.39 Å². The minimum Gasteiger partial charge on any atom is -0.289 e. The zero-order chi connectivity index (χ0) is 20.4. The molecule has 4 rings (SSSR count). The van der Waals surface area contributed by atoms with Gasteiger partial charge < -0.3 is 0 Å². The van der Waals surface area contributed by atoms with Gasteiger partial charge in [-0.3, -0.25) is 9.78 Å². The first-order chi connectivity index (χ1) is 14.0. The van der Waals surface area contributed by atoms with Gasteiger partial charge in [0.05, 0.1) is 11.1 Å². The van der Waals surface area contributed by atoms with Gasteiger partial charge in [0, 0.05) is 21.1 Å². The van der Waals surface area contributed by atoms with E-state index in [0.717, 1.165) is 32.1 Å². The second kappa shape index (κ2) is 8.10. The Morgan fingerprint density at radius 2 is 1.72 bits per heavy atom. The van der Waals surface area contributed by atoms with Crippen molar-refractivity contribution in [2.75, 3.05) is 0 Å². The predicted molar refractivity (Wildman–Crippen MR) is 119 cm³/mol. The van der Waals surface area contributed by atoms with Crippen LogP contribution in [0.25, 0.3) is 28.1 Å². The molecule has 1 aromatic heterocycles. The van der Waals surface area contributed by atoms with Crippen molar-refractivity contribution < 1.29 is 9.18 Å². The van der Waals surface area contributed by atoms with E-state index in [1.807, 2.05) is 55.5 Å². The van der Waals surface area contributed by atoms with E-state index in [9.17, 15) is 9.18 Å². The number of hydrogen-bond donors (Lipinski definition) is 0. The van der Waals surface area contributed by atoms with E-state index in [1.165, 1.54) is 18.2 Å². The van der Waals surface area contributed by atoms with Crippen LogP contribution in [0.15, 0.2) is 83.3 Å². The van der Waals surface area contributed by atoms with Crippen LogP contribution in [0.5, 0.6) is 0 Å². The van der Waals surface area contributed by atoms with Crippen LogP contribution in [0.3, 0.4) is 0 Å². The maximum Gasteiger partial charge on any atom is 0.188 e. The number of nitrogens with zero attached hydrogens (tertiary/aromatic N) is 1. The van der Waals surface area contributed by atoms with Crippen LogP contribution in [-0.2, 0) is 0 Å². The van der Waals surface area contributed by atoms with Gasteiger partial charge >= 0.3 is 0 Å². The third-order valence-electron chi connectivity index (χ3n) is 4.73. The van der Waals surface area contributed by atoms with Crippen molar-refractivity contribution in [3.8, 4) is 11.1 Å². The Hall–Kier alpha value is -3.11. The zero-order valence-corrected chi connectivity index (χ0v) is 17.3. The number of ketones is 1. The maximum absolute atomic E-state index is 13.2. The average molecular weight is 446 g/mol. The predicted octanol–water partition coefficient (Wildman–Crippen LogP) is 7.01. The van der Waals surface area contributed by atoms with E-state index in [-0.39, 0.29) is 11.6 Å². The lowest BCUT2D eigenvalue weighted by atomic mass is 9.92. The van der Waals surface area contributed by atoms with Crippen molar-refractivity contribution in [2.45, 2.75) is 6.92 Å². The fourth-order valence-corrected chi connectivity index (χ4v) is 3.75. The number of carbonyl (C=O) groups is 1. The first kappa shape index (κ1) is 19.2. The number of benzene rings is 3. The molecule has 0 amide bonds. The molecule has 1 heterocycles. The van der Waals surface area contributed by atoms with Crippen molar-refractivity contribution in [1.29, 1.82) is 0 Å². The van der Waals surface area contributed by atoms with Gasteiger partial charge in [0.15, 0.2) is 5.78 Å². The third kappa shape index (κ3) is 4.03. The highest BCUT2D eigenvalue weighted by Gasteiger charge is 2.19. The largest absolute Gasteiger partial charge is 0.289 e. The summed E-state index contributed by atoms with van der Waals surface area (Å²) in [6, 6.07) is 21.8. The van der Waals surface area contributed by atoms with Crippen LogP contribution in [0, 0.1) is 12.7 Å². The van der Waals surface area contributed by atoms with E-state index in [0.29, 0.717) is 11.3 Å². The van der Waals surface area contributed by atoms with Gasteiger partial charge in [-0.05, 0) is 54.5 Å². The molecule has 0 unspecified atom stereocenters.